The van der Waals surface area contributed by atoms with Crippen LogP contribution in [0.4, 0.5) is 17.6 Å². The molecule has 13 nitrogen and oxygen atoms in total. The number of fused-ring (bicyclic) bond motifs is 5. The van der Waals surface area contributed by atoms with Crippen molar-refractivity contribution in [2.24, 2.45) is 0 Å². The highest BCUT2D eigenvalue weighted by molar-refractivity contribution is 7.88. The molecule has 3 aliphatic heterocycles. The predicted octanol–water partition coefficient (Wildman–Crippen LogP) is 8.51. The third-order valence-corrected chi connectivity index (χ3v) is 14.5. The summed E-state index contributed by atoms with van der Waals surface area (Å²) in [6.45, 7) is 3.64. The van der Waals surface area contributed by atoms with E-state index in [0.29, 0.717) is 88.9 Å². The lowest BCUT2D eigenvalue weighted by molar-refractivity contribution is -0.145. The van der Waals surface area contributed by atoms with Crippen molar-refractivity contribution in [2.75, 3.05) is 45.6 Å². The van der Waals surface area contributed by atoms with E-state index < -0.39 is 47.1 Å². The van der Waals surface area contributed by atoms with Crippen LogP contribution in [0.25, 0.3) is 31.8 Å². The van der Waals surface area contributed by atoms with Crippen molar-refractivity contribution in [3.8, 4) is 39.2 Å². The van der Waals surface area contributed by atoms with E-state index in [1.165, 1.54) is 52.6 Å². The number of sulfonamides is 1. The van der Waals surface area contributed by atoms with Crippen LogP contribution < -0.4 is 14.2 Å². The normalized spacial score (nSPS) is 17.3. The number of aliphatic carboxylic acids is 1. The zero-order valence-electron chi connectivity index (χ0n) is 35.1. The van der Waals surface area contributed by atoms with Crippen molar-refractivity contribution in [3.05, 3.63) is 112 Å². The van der Waals surface area contributed by atoms with Crippen molar-refractivity contribution >= 4 is 49.1 Å². The van der Waals surface area contributed by atoms with Gasteiger partial charge in [-0.2, -0.15) is 22.5 Å². The van der Waals surface area contributed by atoms with Gasteiger partial charge < -0.3 is 24.2 Å². The molecule has 6 heterocycles. The summed E-state index contributed by atoms with van der Waals surface area (Å²) in [4.78, 5) is 33.8. The number of hydrogen-bond acceptors (Lipinski definition) is 12. The maximum Gasteiger partial charge on any atom is 0.392 e. The topological polar surface area (TPSA) is 157 Å². The molecule has 1 saturated heterocycles. The second-order valence-electron chi connectivity index (χ2n) is 15.9. The molecule has 0 amide bonds. The molecule has 3 aromatic heterocycles. The molecule has 0 aliphatic carbocycles. The van der Waals surface area contributed by atoms with E-state index in [9.17, 15) is 35.9 Å². The maximum atomic E-state index is 14.2. The number of nitrogens with zero attached hydrogens (tertiary/aromatic N) is 6. The fourth-order valence-electron chi connectivity index (χ4n) is 8.13. The Labute approximate surface area is 381 Å². The van der Waals surface area contributed by atoms with Gasteiger partial charge in [-0.25, -0.2) is 32.6 Å². The van der Waals surface area contributed by atoms with Crippen LogP contribution in [-0.2, 0) is 34.3 Å². The number of carboxylic acid groups (broad SMARTS) is 1. The zero-order valence-corrected chi connectivity index (χ0v) is 37.5. The van der Waals surface area contributed by atoms with E-state index >= 15 is 0 Å². The highest BCUT2D eigenvalue weighted by Gasteiger charge is 2.31. The predicted molar refractivity (Wildman–Crippen MR) is 237 cm³/mol. The van der Waals surface area contributed by atoms with Crippen molar-refractivity contribution in [1.29, 1.82) is 0 Å². The molecule has 20 heteroatoms. The smallest absolute Gasteiger partial charge is 0.392 e. The summed E-state index contributed by atoms with van der Waals surface area (Å²) in [7, 11) is -3.32. The first-order chi connectivity index (χ1) is 31.0. The number of thiophene rings is 1. The van der Waals surface area contributed by atoms with Gasteiger partial charge in [-0.3, -0.25) is 0 Å². The number of ether oxygens (including phenoxy) is 3. The first-order valence-corrected chi connectivity index (χ1v) is 23.7. The van der Waals surface area contributed by atoms with Gasteiger partial charge in [0.2, 0.25) is 22.0 Å². The largest absolute Gasteiger partial charge is 0.487 e. The number of carbonyl (C=O) groups is 1. The van der Waals surface area contributed by atoms with Crippen molar-refractivity contribution in [3.63, 3.8) is 0 Å². The lowest BCUT2D eigenvalue weighted by Gasteiger charge is -2.34. The molecule has 3 aliphatic rings. The first-order valence-electron chi connectivity index (χ1n) is 20.7. The van der Waals surface area contributed by atoms with Crippen LogP contribution in [0.5, 0.6) is 17.6 Å². The molecule has 3 aromatic carbocycles. The Morgan fingerprint density at radius 3 is 2.49 bits per heavy atom. The first kappa shape index (κ1) is 46.1. The number of carboxylic acids is 1. The van der Waals surface area contributed by atoms with E-state index in [-0.39, 0.29) is 30.8 Å². The van der Waals surface area contributed by atoms with Gasteiger partial charge in [0.1, 0.15) is 35.9 Å². The molecule has 1 unspecified atom stereocenters. The molecular weight excluding hydrogens is 912 g/mol. The molecule has 65 heavy (non-hydrogen) atoms. The molecule has 342 valence electrons. The zero-order chi connectivity index (χ0) is 46.0. The summed E-state index contributed by atoms with van der Waals surface area (Å²) in [5.41, 5.74) is 5.34. The fraction of sp³-hybridized carbons (Fsp3) is 0.356. The molecule has 0 radical (unpaired) electrons. The third-order valence-electron chi connectivity index (χ3n) is 11.5. The number of hydrogen-bond donors (Lipinski definition) is 1. The molecule has 2 atom stereocenters. The average Bonchev–Trinajstić information content (AvgIpc) is 3.65. The van der Waals surface area contributed by atoms with Gasteiger partial charge in [0.05, 0.1) is 23.8 Å². The third kappa shape index (κ3) is 10.8. The summed E-state index contributed by atoms with van der Waals surface area (Å²) < 4.78 is 96.2. The van der Waals surface area contributed by atoms with Crippen LogP contribution in [0.1, 0.15) is 46.7 Å². The van der Waals surface area contributed by atoms with Gasteiger partial charge in [0, 0.05) is 54.3 Å². The highest BCUT2D eigenvalue weighted by atomic mass is 35.5. The Morgan fingerprint density at radius 2 is 1.77 bits per heavy atom. The van der Waals surface area contributed by atoms with Crippen LogP contribution in [0.15, 0.2) is 73.2 Å². The summed E-state index contributed by atoms with van der Waals surface area (Å²) in [6.07, 6.45) is -2.28. The molecule has 0 saturated carbocycles. The van der Waals surface area contributed by atoms with Crippen LogP contribution in [0, 0.1) is 12.7 Å². The molecule has 1 fully saturated rings. The van der Waals surface area contributed by atoms with Gasteiger partial charge in [-0.15, -0.1) is 11.3 Å². The Kier molecular flexibility index (Phi) is 13.6. The number of rotatable bonds is 12. The van der Waals surface area contributed by atoms with Gasteiger partial charge >= 0.3 is 18.2 Å². The van der Waals surface area contributed by atoms with Gasteiger partial charge in [0.15, 0.2) is 0 Å². The second kappa shape index (κ2) is 19.2. The monoisotopic (exact) mass is 954 g/mol. The Bertz CT molecular complexity index is 2830. The summed E-state index contributed by atoms with van der Waals surface area (Å²) in [5, 5.41) is 11.7. The van der Waals surface area contributed by atoms with Crippen molar-refractivity contribution in [2.45, 2.75) is 57.4 Å². The number of piperazine rings is 1. The Morgan fingerprint density at radius 1 is 1.00 bits per heavy atom. The standard InChI is InChI=1S/C45H43ClF4N6O7S2/c1-26-33-8-9-34(39(26)46)29(12-15-55-16-18-56(19-17-55)65(2,59)60)21-27-3-10-35(62-24-32-11-14-51-44(54-32)61-20-13-45(48,49)50)30(22-27)23-36(43(57)58)63-41-38-37(33)40(64-42(38)53-25-52-41)28-4-6-31(47)7-5-28/h3-11,14,22,25,29,36H,12-13,15-21,23-24H2,1-2H3,(H,57,58)/t29?,36-/m1/s1. The SMILES string of the molecule is Cc1c2ccc(c1Cl)C(CCN1CCN(S(C)(=O)=O)CC1)Cc1ccc(OCc3ccnc(OCCC(F)(F)F)n3)c(c1)C[C@H](C(=O)O)Oc1ncnc3sc(-c4ccc(F)cc4)c-2c13. The summed E-state index contributed by atoms with van der Waals surface area (Å²) >= 11 is 8.77. The maximum absolute atomic E-state index is 14.2. The number of aromatic nitrogens is 4. The van der Waals surface area contributed by atoms with Crippen molar-refractivity contribution in [1.82, 2.24) is 29.1 Å². The van der Waals surface area contributed by atoms with E-state index in [0.717, 1.165) is 27.1 Å². The van der Waals surface area contributed by atoms with Crippen molar-refractivity contribution < 1.29 is 50.1 Å². The second-order valence-corrected chi connectivity index (χ2v) is 19.3. The summed E-state index contributed by atoms with van der Waals surface area (Å²) in [5.74, 6) is -1.52. The highest BCUT2D eigenvalue weighted by Crippen LogP contribution is 2.50. The summed E-state index contributed by atoms with van der Waals surface area (Å²) in [6, 6.07) is 16.8. The minimum Gasteiger partial charge on any atom is -0.487 e. The van der Waals surface area contributed by atoms with Crippen LogP contribution >= 0.6 is 22.9 Å². The molecule has 4 bridgehead atoms. The van der Waals surface area contributed by atoms with E-state index in [1.54, 1.807) is 18.2 Å². The van der Waals surface area contributed by atoms with Crippen LogP contribution in [0.3, 0.4) is 0 Å². The van der Waals surface area contributed by atoms with Gasteiger partial charge in [0.25, 0.3) is 0 Å². The van der Waals surface area contributed by atoms with Crippen LogP contribution in [0.2, 0.25) is 5.02 Å². The number of alkyl halides is 3. The average molecular weight is 955 g/mol. The Hall–Kier alpha value is -5.47. The van der Waals surface area contributed by atoms with E-state index in [4.69, 9.17) is 25.8 Å². The minimum absolute atomic E-state index is 0.0167. The molecule has 1 N–H and O–H groups in total. The number of benzene rings is 3. The molecule has 9 rings (SSSR count). The number of halogens is 5. The van der Waals surface area contributed by atoms with E-state index in [1.807, 2.05) is 31.2 Å². The van der Waals surface area contributed by atoms with Crippen LogP contribution in [-0.4, -0.2) is 107 Å². The quantitative estimate of drug-likeness (QED) is 0.117. The van der Waals surface area contributed by atoms with Gasteiger partial charge in [-0.1, -0.05) is 48.0 Å². The molecule has 6 aromatic rings. The lowest BCUT2D eigenvalue weighted by Crippen LogP contribution is -2.48. The minimum atomic E-state index is -4.41. The van der Waals surface area contributed by atoms with E-state index in [2.05, 4.69) is 24.8 Å². The molecular formula is C45H43ClF4N6O7S2. The molecule has 0 spiro atoms. The lowest BCUT2D eigenvalue weighted by atomic mass is 9.85. The Balaban J connectivity index is 1.20. The fourth-order valence-corrected chi connectivity index (χ4v) is 10.4. The van der Waals surface area contributed by atoms with Gasteiger partial charge in [-0.05, 0) is 89.9 Å².